The van der Waals surface area contributed by atoms with E-state index in [2.05, 4.69) is 21.2 Å². The highest BCUT2D eigenvalue weighted by Gasteiger charge is 2.30. The highest BCUT2D eigenvalue weighted by Crippen LogP contribution is 2.21. The van der Waals surface area contributed by atoms with Gasteiger partial charge < -0.3 is 5.32 Å². The molecular weight excluding hydrogens is 356 g/mol. The van der Waals surface area contributed by atoms with Gasteiger partial charge in [0.25, 0.3) is 0 Å². The molecule has 1 aliphatic heterocycles. The zero-order valence-corrected chi connectivity index (χ0v) is 14.3. The monoisotopic (exact) mass is 374 g/mol. The van der Waals surface area contributed by atoms with Gasteiger partial charge in [-0.15, -0.1) is 0 Å². The van der Waals surface area contributed by atoms with Gasteiger partial charge in [-0.2, -0.15) is 4.31 Å². The summed E-state index contributed by atoms with van der Waals surface area (Å²) in [5.41, 5.74) is 1.03. The van der Waals surface area contributed by atoms with Crippen LogP contribution in [0.4, 0.5) is 0 Å². The molecule has 5 nitrogen and oxygen atoms in total. The zero-order chi connectivity index (χ0) is 15.5. The minimum absolute atomic E-state index is 0.104. The number of rotatable bonds is 4. The molecule has 0 spiro atoms. The molecule has 2 rings (SSSR count). The van der Waals surface area contributed by atoms with Crippen LogP contribution in [0.15, 0.2) is 29.2 Å². The molecule has 21 heavy (non-hydrogen) atoms. The summed E-state index contributed by atoms with van der Waals surface area (Å²) in [5, 5.41) is 3.50. The van der Waals surface area contributed by atoms with E-state index < -0.39 is 10.0 Å². The Kier molecular flexibility index (Phi) is 5.40. The molecule has 0 bridgehead atoms. The third-order valence-corrected chi connectivity index (χ3v) is 6.03. The largest absolute Gasteiger partial charge is 0.352 e. The van der Waals surface area contributed by atoms with Crippen molar-refractivity contribution < 1.29 is 13.2 Å². The Bertz CT molecular complexity index is 601. The number of alkyl halides is 1. The lowest BCUT2D eigenvalue weighted by Gasteiger charge is -2.32. The summed E-state index contributed by atoms with van der Waals surface area (Å²) in [7, 11) is -3.49. The fraction of sp³-hybridized carbons (Fsp3) is 0.500. The van der Waals surface area contributed by atoms with E-state index in [4.69, 9.17) is 0 Å². The maximum Gasteiger partial charge on any atom is 0.243 e. The molecule has 116 valence electrons. The van der Waals surface area contributed by atoms with Gasteiger partial charge >= 0.3 is 0 Å². The molecule has 1 heterocycles. The van der Waals surface area contributed by atoms with Crippen LogP contribution in [0.2, 0.25) is 0 Å². The first kappa shape index (κ1) is 16.5. The lowest BCUT2D eigenvalue weighted by Crippen LogP contribution is -2.49. The van der Waals surface area contributed by atoms with E-state index in [-0.39, 0.29) is 11.9 Å². The molecule has 0 aromatic heterocycles. The highest BCUT2D eigenvalue weighted by atomic mass is 79.9. The quantitative estimate of drug-likeness (QED) is 0.818. The minimum atomic E-state index is -3.49. The Morgan fingerprint density at radius 3 is 2.62 bits per heavy atom. The number of nitrogens with one attached hydrogen (secondary N) is 1. The number of carbonyl (C=O) groups is 1. The topological polar surface area (TPSA) is 66.5 Å². The second-order valence-electron chi connectivity index (χ2n) is 5.18. The van der Waals surface area contributed by atoms with Crippen molar-refractivity contribution in [3.8, 4) is 0 Å². The van der Waals surface area contributed by atoms with Crippen molar-refractivity contribution >= 4 is 31.9 Å². The number of benzene rings is 1. The van der Waals surface area contributed by atoms with Gasteiger partial charge in [-0.05, 0) is 30.5 Å². The van der Waals surface area contributed by atoms with Crippen LogP contribution >= 0.6 is 15.9 Å². The number of piperidine rings is 1. The molecule has 1 unspecified atom stereocenters. The molecule has 0 saturated carbocycles. The Balaban J connectivity index is 2.15. The standard InChI is InChI=1S/C14H19BrN2O3S/c1-11(18)16-13-3-2-8-17(10-13)21(19,20)14-6-4-12(9-15)5-7-14/h4-7,13H,2-3,8-10H2,1H3,(H,16,18). The van der Waals surface area contributed by atoms with Gasteiger partial charge in [0.1, 0.15) is 0 Å². The fourth-order valence-corrected chi connectivity index (χ4v) is 4.36. The van der Waals surface area contributed by atoms with Crippen molar-refractivity contribution in [1.29, 1.82) is 0 Å². The summed E-state index contributed by atoms with van der Waals surface area (Å²) in [4.78, 5) is 11.4. The first-order valence-corrected chi connectivity index (χ1v) is 9.42. The van der Waals surface area contributed by atoms with E-state index in [9.17, 15) is 13.2 Å². The van der Waals surface area contributed by atoms with Crippen molar-refractivity contribution in [3.63, 3.8) is 0 Å². The molecule has 7 heteroatoms. The second kappa shape index (κ2) is 6.89. The van der Waals surface area contributed by atoms with Crippen LogP contribution in [0, 0.1) is 0 Å². The predicted octanol–water partition coefficient (Wildman–Crippen LogP) is 1.87. The van der Waals surface area contributed by atoms with Gasteiger partial charge in [0.05, 0.1) is 4.90 Å². The molecule has 1 amide bonds. The van der Waals surface area contributed by atoms with Gasteiger partial charge in [-0.25, -0.2) is 8.42 Å². The van der Waals surface area contributed by atoms with Crippen LogP contribution in [-0.4, -0.2) is 37.8 Å². The van der Waals surface area contributed by atoms with E-state index in [0.717, 1.165) is 18.4 Å². The third kappa shape index (κ3) is 4.05. The summed E-state index contributed by atoms with van der Waals surface area (Å²) < 4.78 is 26.7. The zero-order valence-electron chi connectivity index (χ0n) is 11.9. The summed E-state index contributed by atoms with van der Waals surface area (Å²) in [6.45, 7) is 2.28. The summed E-state index contributed by atoms with van der Waals surface area (Å²) >= 11 is 3.34. The van der Waals surface area contributed by atoms with Gasteiger partial charge in [0.2, 0.25) is 15.9 Å². The number of hydrogen-bond acceptors (Lipinski definition) is 3. The number of halogens is 1. The van der Waals surface area contributed by atoms with Crippen LogP contribution in [0.5, 0.6) is 0 Å². The Morgan fingerprint density at radius 1 is 1.38 bits per heavy atom. The van der Waals surface area contributed by atoms with Gasteiger partial charge in [0, 0.05) is 31.4 Å². The molecule has 1 N–H and O–H groups in total. The average molecular weight is 375 g/mol. The first-order valence-electron chi connectivity index (χ1n) is 6.85. The van der Waals surface area contributed by atoms with Crippen molar-refractivity contribution in [3.05, 3.63) is 29.8 Å². The Labute approximate surface area is 133 Å². The van der Waals surface area contributed by atoms with Gasteiger partial charge in [0.15, 0.2) is 0 Å². The molecule has 0 aliphatic carbocycles. The molecule has 1 atom stereocenters. The molecule has 1 aliphatic rings. The van der Waals surface area contributed by atoms with Crippen molar-refractivity contribution in [2.24, 2.45) is 0 Å². The Hall–Kier alpha value is -0.920. The molecule has 1 saturated heterocycles. The predicted molar refractivity (Wildman–Crippen MR) is 84.7 cm³/mol. The molecular formula is C14H19BrN2O3S. The van der Waals surface area contributed by atoms with Gasteiger partial charge in [-0.3, -0.25) is 4.79 Å². The number of carbonyl (C=O) groups excluding carboxylic acids is 1. The van der Waals surface area contributed by atoms with E-state index in [0.29, 0.717) is 23.3 Å². The number of sulfonamides is 1. The summed E-state index contributed by atoms with van der Waals surface area (Å²) in [6.07, 6.45) is 1.57. The van der Waals surface area contributed by atoms with E-state index in [1.165, 1.54) is 11.2 Å². The maximum absolute atomic E-state index is 12.6. The minimum Gasteiger partial charge on any atom is -0.352 e. The normalized spacial score (nSPS) is 20.2. The van der Waals surface area contributed by atoms with Crippen LogP contribution in [0.25, 0.3) is 0 Å². The van der Waals surface area contributed by atoms with E-state index in [1.807, 2.05) is 0 Å². The summed E-state index contributed by atoms with van der Waals surface area (Å²) in [5.74, 6) is -0.124. The average Bonchev–Trinajstić information content (AvgIpc) is 2.47. The number of hydrogen-bond donors (Lipinski definition) is 1. The van der Waals surface area contributed by atoms with Gasteiger partial charge in [-0.1, -0.05) is 28.1 Å². The van der Waals surface area contributed by atoms with Crippen LogP contribution in [-0.2, 0) is 20.1 Å². The second-order valence-corrected chi connectivity index (χ2v) is 7.68. The molecule has 1 aromatic rings. The maximum atomic E-state index is 12.6. The van der Waals surface area contributed by atoms with E-state index in [1.54, 1.807) is 24.3 Å². The van der Waals surface area contributed by atoms with Crippen LogP contribution in [0.1, 0.15) is 25.3 Å². The van der Waals surface area contributed by atoms with Crippen molar-refractivity contribution in [1.82, 2.24) is 9.62 Å². The Morgan fingerprint density at radius 2 is 2.05 bits per heavy atom. The molecule has 1 aromatic carbocycles. The first-order chi connectivity index (χ1) is 9.93. The molecule has 1 fully saturated rings. The van der Waals surface area contributed by atoms with Crippen molar-refractivity contribution in [2.45, 2.75) is 36.0 Å². The van der Waals surface area contributed by atoms with E-state index >= 15 is 0 Å². The molecule has 0 radical (unpaired) electrons. The van der Waals surface area contributed by atoms with Crippen molar-refractivity contribution in [2.75, 3.05) is 13.1 Å². The number of amides is 1. The smallest absolute Gasteiger partial charge is 0.243 e. The lowest BCUT2D eigenvalue weighted by atomic mass is 10.1. The lowest BCUT2D eigenvalue weighted by molar-refractivity contribution is -0.119. The number of nitrogens with zero attached hydrogens (tertiary/aromatic N) is 1. The van der Waals surface area contributed by atoms with Crippen LogP contribution in [0.3, 0.4) is 0 Å². The SMILES string of the molecule is CC(=O)NC1CCCN(S(=O)(=O)c2ccc(CBr)cc2)C1. The summed E-state index contributed by atoms with van der Waals surface area (Å²) in [6, 6.07) is 6.77. The van der Waals surface area contributed by atoms with Crippen LogP contribution < -0.4 is 5.32 Å². The highest BCUT2D eigenvalue weighted by molar-refractivity contribution is 9.08. The fourth-order valence-electron chi connectivity index (χ4n) is 2.47. The third-order valence-electron chi connectivity index (χ3n) is 3.51.